The van der Waals surface area contributed by atoms with E-state index in [4.69, 9.17) is 0 Å². The minimum absolute atomic E-state index is 0.171. The van der Waals surface area contributed by atoms with Gasteiger partial charge >= 0.3 is 0 Å². The summed E-state index contributed by atoms with van der Waals surface area (Å²) in [4.78, 5) is 16.2. The summed E-state index contributed by atoms with van der Waals surface area (Å²) in [6, 6.07) is 10.4. The molecule has 1 aromatic carbocycles. The summed E-state index contributed by atoms with van der Waals surface area (Å²) in [5.74, 6) is 0.580. The van der Waals surface area contributed by atoms with Gasteiger partial charge in [-0.2, -0.15) is 0 Å². The summed E-state index contributed by atoms with van der Waals surface area (Å²) in [6.07, 6.45) is 1.18. The van der Waals surface area contributed by atoms with Gasteiger partial charge < -0.3 is 10.0 Å². The maximum atomic E-state index is 12.2. The number of carbonyl (C=O) groups excluding carboxylic acids is 1. The van der Waals surface area contributed by atoms with Gasteiger partial charge in [-0.05, 0) is 31.4 Å². The van der Waals surface area contributed by atoms with Crippen LogP contribution in [0.5, 0.6) is 0 Å². The van der Waals surface area contributed by atoms with Gasteiger partial charge in [0.15, 0.2) is 0 Å². The van der Waals surface area contributed by atoms with Crippen molar-refractivity contribution < 1.29 is 9.90 Å². The molecule has 1 saturated heterocycles. The first-order valence-corrected chi connectivity index (χ1v) is 7.75. The van der Waals surface area contributed by atoms with Crippen LogP contribution < -0.4 is 0 Å². The maximum Gasteiger partial charge on any atom is 0.236 e. The molecule has 2 rings (SSSR count). The van der Waals surface area contributed by atoms with E-state index in [2.05, 4.69) is 36.1 Å². The van der Waals surface area contributed by atoms with Gasteiger partial charge in [-0.15, -0.1) is 0 Å². The number of hydrogen-bond donors (Lipinski definition) is 1. The van der Waals surface area contributed by atoms with Crippen molar-refractivity contribution in [2.75, 3.05) is 33.2 Å². The van der Waals surface area contributed by atoms with Gasteiger partial charge in [0.2, 0.25) is 5.91 Å². The first-order valence-electron chi connectivity index (χ1n) is 7.75. The van der Waals surface area contributed by atoms with Crippen molar-refractivity contribution in [1.29, 1.82) is 0 Å². The molecule has 4 heteroatoms. The Morgan fingerprint density at radius 3 is 2.57 bits per heavy atom. The number of likely N-dealkylation sites (tertiary alicyclic amines) is 1. The largest absolute Gasteiger partial charge is 0.393 e. The van der Waals surface area contributed by atoms with E-state index in [1.54, 1.807) is 0 Å². The molecule has 1 N–H and O–H groups in total. The molecule has 1 aromatic rings. The lowest BCUT2D eigenvalue weighted by molar-refractivity contribution is -0.134. The number of piperidine rings is 1. The van der Waals surface area contributed by atoms with Gasteiger partial charge in [-0.3, -0.25) is 9.69 Å². The quantitative estimate of drug-likeness (QED) is 0.898. The number of amides is 1. The molecule has 116 valence electrons. The zero-order valence-corrected chi connectivity index (χ0v) is 13.0. The second-order valence-corrected chi connectivity index (χ2v) is 6.12. The smallest absolute Gasteiger partial charge is 0.236 e. The Morgan fingerprint density at radius 2 is 1.95 bits per heavy atom. The lowest BCUT2D eigenvalue weighted by Gasteiger charge is -2.31. The predicted molar refractivity (Wildman–Crippen MR) is 84.2 cm³/mol. The van der Waals surface area contributed by atoms with Crippen LogP contribution in [0.4, 0.5) is 0 Å². The molecule has 0 bridgehead atoms. The van der Waals surface area contributed by atoms with Crippen LogP contribution in [0.2, 0.25) is 0 Å². The van der Waals surface area contributed by atoms with Gasteiger partial charge in [0.1, 0.15) is 0 Å². The Kier molecular flexibility index (Phi) is 5.76. The van der Waals surface area contributed by atoms with E-state index in [1.165, 1.54) is 5.56 Å². The van der Waals surface area contributed by atoms with Crippen molar-refractivity contribution in [3.63, 3.8) is 0 Å². The lowest BCUT2D eigenvalue weighted by atomic mass is 10.0. The minimum Gasteiger partial charge on any atom is -0.393 e. The zero-order valence-electron chi connectivity index (χ0n) is 13.0. The molecule has 1 atom stereocenters. The first kappa shape index (κ1) is 16.0. The fourth-order valence-corrected chi connectivity index (χ4v) is 2.87. The van der Waals surface area contributed by atoms with E-state index in [0.29, 0.717) is 38.4 Å². The third-order valence-corrected chi connectivity index (χ3v) is 4.18. The Bertz CT molecular complexity index is 441. The van der Waals surface area contributed by atoms with Gasteiger partial charge in [-0.25, -0.2) is 0 Å². The average Bonchev–Trinajstić information content (AvgIpc) is 2.48. The third kappa shape index (κ3) is 4.83. The fraction of sp³-hybridized carbons (Fsp3) is 0.588. The number of aliphatic hydroxyl groups is 1. The number of likely N-dealkylation sites (N-methyl/N-ethyl adjacent to an activating group) is 1. The molecule has 21 heavy (non-hydrogen) atoms. The first-order chi connectivity index (χ1) is 10.1. The Morgan fingerprint density at radius 1 is 1.33 bits per heavy atom. The SMILES string of the molecule is CC(CN(C)CC(=O)N1CCC(O)CC1)c1ccccc1. The maximum absolute atomic E-state index is 12.2. The average molecular weight is 290 g/mol. The van der Waals surface area contributed by atoms with Crippen molar-refractivity contribution in [1.82, 2.24) is 9.80 Å². The van der Waals surface area contributed by atoms with Crippen molar-refractivity contribution in [3.05, 3.63) is 35.9 Å². The van der Waals surface area contributed by atoms with Gasteiger partial charge in [0, 0.05) is 19.6 Å². The van der Waals surface area contributed by atoms with Crippen molar-refractivity contribution in [2.45, 2.75) is 31.8 Å². The second-order valence-electron chi connectivity index (χ2n) is 6.12. The number of carbonyl (C=O) groups is 1. The summed E-state index contributed by atoms with van der Waals surface area (Å²) >= 11 is 0. The van der Waals surface area contributed by atoms with Crippen molar-refractivity contribution in [3.8, 4) is 0 Å². The Labute approximate surface area is 127 Å². The highest BCUT2D eigenvalue weighted by molar-refractivity contribution is 5.78. The Balaban J connectivity index is 1.78. The summed E-state index contributed by atoms with van der Waals surface area (Å²) in [5, 5.41) is 9.49. The van der Waals surface area contributed by atoms with Crippen LogP contribution in [-0.4, -0.2) is 60.1 Å². The third-order valence-electron chi connectivity index (χ3n) is 4.18. The fourth-order valence-electron chi connectivity index (χ4n) is 2.87. The molecule has 0 aromatic heterocycles. The van der Waals surface area contributed by atoms with E-state index in [9.17, 15) is 9.90 Å². The topological polar surface area (TPSA) is 43.8 Å². The molecule has 1 aliphatic rings. The van der Waals surface area contributed by atoms with Gasteiger partial charge in [0.05, 0.1) is 12.6 Å². The molecule has 1 aliphatic heterocycles. The summed E-state index contributed by atoms with van der Waals surface area (Å²) in [5.41, 5.74) is 1.30. The van der Waals surface area contributed by atoms with Crippen LogP contribution in [0.1, 0.15) is 31.2 Å². The van der Waals surface area contributed by atoms with Crippen LogP contribution in [0.25, 0.3) is 0 Å². The molecule has 0 saturated carbocycles. The molecule has 1 unspecified atom stereocenters. The van der Waals surface area contributed by atoms with Crippen LogP contribution in [0, 0.1) is 0 Å². The minimum atomic E-state index is -0.232. The monoisotopic (exact) mass is 290 g/mol. The van der Waals surface area contributed by atoms with E-state index < -0.39 is 0 Å². The molecule has 0 spiro atoms. The standard InChI is InChI=1S/C17H26N2O2/c1-14(15-6-4-3-5-7-15)12-18(2)13-17(21)19-10-8-16(20)9-11-19/h3-7,14,16,20H,8-13H2,1-2H3. The van der Waals surface area contributed by atoms with Crippen LogP contribution >= 0.6 is 0 Å². The number of nitrogens with zero attached hydrogens (tertiary/aromatic N) is 2. The van der Waals surface area contributed by atoms with Crippen LogP contribution in [0.15, 0.2) is 30.3 Å². The normalized spacial score (nSPS) is 18.0. The molecular formula is C17H26N2O2. The van der Waals surface area contributed by atoms with Gasteiger partial charge in [-0.1, -0.05) is 37.3 Å². The molecule has 1 amide bonds. The Hall–Kier alpha value is -1.39. The van der Waals surface area contributed by atoms with Gasteiger partial charge in [0.25, 0.3) is 0 Å². The number of benzene rings is 1. The highest BCUT2D eigenvalue weighted by Crippen LogP contribution is 2.16. The summed E-state index contributed by atoms with van der Waals surface area (Å²) < 4.78 is 0. The zero-order chi connectivity index (χ0) is 15.2. The summed E-state index contributed by atoms with van der Waals surface area (Å²) in [7, 11) is 2.00. The molecule has 1 heterocycles. The lowest BCUT2D eigenvalue weighted by Crippen LogP contribution is -2.44. The molecule has 1 fully saturated rings. The predicted octanol–water partition coefficient (Wildman–Crippen LogP) is 1.71. The highest BCUT2D eigenvalue weighted by atomic mass is 16.3. The number of hydrogen-bond acceptors (Lipinski definition) is 3. The van der Waals surface area contributed by atoms with Crippen LogP contribution in [-0.2, 0) is 4.79 Å². The number of rotatable bonds is 5. The van der Waals surface area contributed by atoms with Crippen molar-refractivity contribution in [2.24, 2.45) is 0 Å². The molecule has 0 aliphatic carbocycles. The second kappa shape index (κ2) is 7.57. The highest BCUT2D eigenvalue weighted by Gasteiger charge is 2.22. The van der Waals surface area contributed by atoms with E-state index in [0.717, 1.165) is 6.54 Å². The van der Waals surface area contributed by atoms with E-state index in [-0.39, 0.29) is 12.0 Å². The summed E-state index contributed by atoms with van der Waals surface area (Å²) in [6.45, 7) is 4.87. The van der Waals surface area contributed by atoms with Crippen LogP contribution in [0.3, 0.4) is 0 Å². The molecule has 0 radical (unpaired) electrons. The number of aliphatic hydroxyl groups excluding tert-OH is 1. The van der Waals surface area contributed by atoms with E-state index in [1.807, 2.05) is 18.0 Å². The van der Waals surface area contributed by atoms with E-state index >= 15 is 0 Å². The molecular weight excluding hydrogens is 264 g/mol. The molecule has 4 nitrogen and oxygen atoms in total. The van der Waals surface area contributed by atoms with Crippen molar-refractivity contribution >= 4 is 5.91 Å².